The van der Waals surface area contributed by atoms with E-state index in [4.69, 9.17) is 0 Å². The SMILES string of the molecule is CC=CC1CC(C)C2CC3CC132. The van der Waals surface area contributed by atoms with E-state index < -0.39 is 0 Å². The zero-order valence-corrected chi connectivity index (χ0v) is 8.09. The lowest BCUT2D eigenvalue weighted by Gasteiger charge is -2.35. The van der Waals surface area contributed by atoms with Crippen molar-refractivity contribution in [2.24, 2.45) is 29.1 Å². The largest absolute Gasteiger partial charge is 0.0914 e. The molecule has 0 heteroatoms. The maximum Gasteiger partial charge on any atom is -0.0169 e. The van der Waals surface area contributed by atoms with Crippen molar-refractivity contribution in [3.63, 3.8) is 0 Å². The Hall–Kier alpha value is -0.260. The van der Waals surface area contributed by atoms with E-state index in [1.165, 1.54) is 6.42 Å². The van der Waals surface area contributed by atoms with Crippen molar-refractivity contribution in [2.45, 2.75) is 33.1 Å². The van der Waals surface area contributed by atoms with Crippen LogP contribution in [-0.2, 0) is 0 Å². The molecule has 1 spiro atoms. The highest BCUT2D eigenvalue weighted by atomic mass is 14.8. The van der Waals surface area contributed by atoms with Gasteiger partial charge in [0.1, 0.15) is 0 Å². The Morgan fingerprint density at radius 1 is 1.33 bits per heavy atom. The minimum absolute atomic E-state index is 0.853. The highest BCUT2D eigenvalue weighted by molar-refractivity contribution is 5.25. The number of hydrogen-bond acceptors (Lipinski definition) is 0. The van der Waals surface area contributed by atoms with E-state index in [0.717, 1.165) is 29.1 Å². The Morgan fingerprint density at radius 2 is 2.17 bits per heavy atom. The molecule has 0 radical (unpaired) electrons. The summed E-state index contributed by atoms with van der Waals surface area (Å²) in [6.07, 6.45) is 9.36. The van der Waals surface area contributed by atoms with Crippen LogP contribution in [0.4, 0.5) is 0 Å². The average molecular weight is 162 g/mol. The van der Waals surface area contributed by atoms with Crippen LogP contribution in [0, 0.1) is 29.1 Å². The molecular weight excluding hydrogens is 144 g/mol. The smallest absolute Gasteiger partial charge is 0.0169 e. The van der Waals surface area contributed by atoms with Gasteiger partial charge in [-0.25, -0.2) is 0 Å². The number of allylic oxidation sites excluding steroid dienone is 2. The number of hydrogen-bond donors (Lipinski definition) is 0. The normalized spacial score (nSPS) is 61.2. The fourth-order valence-corrected chi connectivity index (χ4v) is 4.26. The van der Waals surface area contributed by atoms with Gasteiger partial charge in [-0.3, -0.25) is 0 Å². The summed E-state index contributed by atoms with van der Waals surface area (Å²) >= 11 is 0. The topological polar surface area (TPSA) is 0 Å². The van der Waals surface area contributed by atoms with Crippen molar-refractivity contribution in [1.29, 1.82) is 0 Å². The molecule has 0 aliphatic heterocycles. The molecule has 3 aliphatic carbocycles. The van der Waals surface area contributed by atoms with E-state index in [9.17, 15) is 0 Å². The van der Waals surface area contributed by atoms with Gasteiger partial charge in [0.2, 0.25) is 0 Å². The van der Waals surface area contributed by atoms with Gasteiger partial charge in [0.25, 0.3) is 0 Å². The average Bonchev–Trinajstić information content (AvgIpc) is 2.48. The van der Waals surface area contributed by atoms with E-state index in [-0.39, 0.29) is 0 Å². The standard InChI is InChI=1S/C12H18/c1-3-4-9-5-8(2)11-6-10-7-12(9,10)11/h3-4,8-11H,5-7H2,1-2H3. The van der Waals surface area contributed by atoms with Gasteiger partial charge in [-0.1, -0.05) is 19.1 Å². The van der Waals surface area contributed by atoms with Crippen LogP contribution < -0.4 is 0 Å². The molecule has 5 atom stereocenters. The van der Waals surface area contributed by atoms with Crippen molar-refractivity contribution in [3.05, 3.63) is 12.2 Å². The second-order valence-electron chi connectivity index (χ2n) is 5.20. The molecule has 5 unspecified atom stereocenters. The molecule has 0 bridgehead atoms. The first-order valence-electron chi connectivity index (χ1n) is 5.42. The van der Waals surface area contributed by atoms with Gasteiger partial charge in [-0.05, 0) is 55.3 Å². The lowest BCUT2D eigenvalue weighted by molar-refractivity contribution is 0.143. The van der Waals surface area contributed by atoms with Crippen LogP contribution in [0.2, 0.25) is 0 Å². The Bertz CT molecular complexity index is 240. The van der Waals surface area contributed by atoms with Crippen molar-refractivity contribution < 1.29 is 0 Å². The summed E-state index contributed by atoms with van der Waals surface area (Å²) in [5.41, 5.74) is 0.853. The molecule has 0 aromatic heterocycles. The van der Waals surface area contributed by atoms with E-state index >= 15 is 0 Å². The Balaban J connectivity index is 1.89. The van der Waals surface area contributed by atoms with Crippen LogP contribution >= 0.6 is 0 Å². The molecule has 0 N–H and O–H groups in total. The lowest BCUT2D eigenvalue weighted by Crippen LogP contribution is -2.29. The zero-order chi connectivity index (χ0) is 8.34. The lowest BCUT2D eigenvalue weighted by atomic mass is 9.70. The van der Waals surface area contributed by atoms with Crippen molar-refractivity contribution >= 4 is 0 Å². The van der Waals surface area contributed by atoms with Crippen molar-refractivity contribution in [1.82, 2.24) is 0 Å². The van der Waals surface area contributed by atoms with Gasteiger partial charge in [0, 0.05) is 0 Å². The van der Waals surface area contributed by atoms with E-state index in [0.29, 0.717) is 0 Å². The molecule has 0 aromatic carbocycles. The molecule has 0 saturated heterocycles. The van der Waals surface area contributed by atoms with E-state index in [1.54, 1.807) is 12.8 Å². The Kier molecular flexibility index (Phi) is 1.18. The van der Waals surface area contributed by atoms with Gasteiger partial charge in [-0.2, -0.15) is 0 Å². The van der Waals surface area contributed by atoms with Crippen molar-refractivity contribution in [2.75, 3.05) is 0 Å². The summed E-state index contributed by atoms with van der Waals surface area (Å²) in [5, 5.41) is 0. The molecule has 12 heavy (non-hydrogen) atoms. The Morgan fingerprint density at radius 3 is 2.75 bits per heavy atom. The molecule has 0 aromatic rings. The third-order valence-electron chi connectivity index (χ3n) is 4.86. The van der Waals surface area contributed by atoms with Gasteiger partial charge in [0.15, 0.2) is 0 Å². The molecule has 0 heterocycles. The highest BCUT2D eigenvalue weighted by Gasteiger charge is 2.73. The fourth-order valence-electron chi connectivity index (χ4n) is 4.26. The second kappa shape index (κ2) is 1.97. The first kappa shape index (κ1) is 7.17. The minimum Gasteiger partial charge on any atom is -0.0914 e. The Labute approximate surface area is 75.0 Å². The van der Waals surface area contributed by atoms with Crippen molar-refractivity contribution in [3.8, 4) is 0 Å². The molecule has 3 rings (SSSR count). The fraction of sp³-hybridized carbons (Fsp3) is 0.833. The molecule has 3 saturated carbocycles. The minimum atomic E-state index is 0.853. The number of rotatable bonds is 1. The summed E-state index contributed by atoms with van der Waals surface area (Å²) in [5.74, 6) is 4.24. The third kappa shape index (κ3) is 0.582. The molecule has 66 valence electrons. The van der Waals surface area contributed by atoms with Crippen LogP contribution in [0.1, 0.15) is 33.1 Å². The summed E-state index contributed by atoms with van der Waals surface area (Å²) in [7, 11) is 0. The van der Waals surface area contributed by atoms with Crippen LogP contribution in [0.15, 0.2) is 12.2 Å². The molecular formula is C12H18. The van der Waals surface area contributed by atoms with Gasteiger partial charge >= 0.3 is 0 Å². The van der Waals surface area contributed by atoms with Crippen LogP contribution in [0.3, 0.4) is 0 Å². The van der Waals surface area contributed by atoms with Gasteiger partial charge in [0.05, 0.1) is 0 Å². The first-order valence-corrected chi connectivity index (χ1v) is 5.42. The van der Waals surface area contributed by atoms with E-state index in [1.807, 2.05) is 0 Å². The summed E-state index contributed by atoms with van der Waals surface area (Å²) < 4.78 is 0. The van der Waals surface area contributed by atoms with E-state index in [2.05, 4.69) is 26.0 Å². The van der Waals surface area contributed by atoms with Gasteiger partial charge < -0.3 is 0 Å². The molecule has 0 nitrogen and oxygen atoms in total. The zero-order valence-electron chi connectivity index (χ0n) is 8.09. The third-order valence-corrected chi connectivity index (χ3v) is 4.86. The molecule has 3 fully saturated rings. The molecule has 0 amide bonds. The monoisotopic (exact) mass is 162 g/mol. The van der Waals surface area contributed by atoms with Gasteiger partial charge in [-0.15, -0.1) is 0 Å². The maximum absolute atomic E-state index is 2.48. The first-order chi connectivity index (χ1) is 5.79. The predicted molar refractivity (Wildman–Crippen MR) is 50.7 cm³/mol. The summed E-state index contributed by atoms with van der Waals surface area (Å²) in [4.78, 5) is 0. The summed E-state index contributed by atoms with van der Waals surface area (Å²) in [6, 6.07) is 0. The quantitative estimate of drug-likeness (QED) is 0.519. The second-order valence-corrected chi connectivity index (χ2v) is 5.20. The molecule has 3 aliphatic rings. The maximum atomic E-state index is 2.48. The summed E-state index contributed by atoms with van der Waals surface area (Å²) in [6.45, 7) is 4.63. The predicted octanol–water partition coefficient (Wildman–Crippen LogP) is 3.24. The van der Waals surface area contributed by atoms with Crippen LogP contribution in [0.25, 0.3) is 0 Å². The van der Waals surface area contributed by atoms with Crippen LogP contribution in [0.5, 0.6) is 0 Å². The highest BCUT2D eigenvalue weighted by Crippen LogP contribution is 2.81. The van der Waals surface area contributed by atoms with Crippen LogP contribution in [-0.4, -0.2) is 0 Å².